The fourth-order valence-electron chi connectivity index (χ4n) is 2.60. The Morgan fingerprint density at radius 3 is 2.08 bits per heavy atom. The number of carbonyl (C=O) groups is 1. The molecule has 0 saturated carbocycles. The first-order chi connectivity index (χ1) is 12.2. The van der Waals surface area contributed by atoms with Gasteiger partial charge in [-0.3, -0.25) is 4.79 Å². The molecule has 0 spiro atoms. The van der Waals surface area contributed by atoms with E-state index in [1.807, 2.05) is 78.9 Å². The third kappa shape index (κ3) is 4.67. The Bertz CT molecular complexity index is 850. The van der Waals surface area contributed by atoms with E-state index in [-0.39, 0.29) is 5.91 Å². The Hall–Kier alpha value is -3.13. The first-order valence-electron chi connectivity index (χ1n) is 8.38. The number of nitrogens with one attached hydrogen (secondary N) is 1. The molecule has 0 saturated heterocycles. The summed E-state index contributed by atoms with van der Waals surface area (Å²) < 4.78 is 0. The van der Waals surface area contributed by atoms with Gasteiger partial charge in [-0.2, -0.15) is 0 Å². The zero-order chi connectivity index (χ0) is 17.5. The molecule has 0 aromatic heterocycles. The van der Waals surface area contributed by atoms with Crippen molar-refractivity contribution in [2.75, 3.05) is 0 Å². The fraction of sp³-hybridized carbons (Fsp3) is 0.0870. The monoisotopic (exact) mass is 327 g/mol. The minimum absolute atomic E-state index is 0.0735. The number of benzene rings is 3. The van der Waals surface area contributed by atoms with Crippen molar-refractivity contribution in [1.29, 1.82) is 0 Å². The molecule has 1 amide bonds. The Kier molecular flexibility index (Phi) is 5.43. The van der Waals surface area contributed by atoms with Gasteiger partial charge < -0.3 is 5.32 Å². The highest BCUT2D eigenvalue weighted by Crippen LogP contribution is 2.18. The second-order valence-corrected chi connectivity index (χ2v) is 6.00. The summed E-state index contributed by atoms with van der Waals surface area (Å²) in [6.45, 7) is 2.57. The molecule has 3 rings (SSSR count). The zero-order valence-electron chi connectivity index (χ0n) is 14.3. The number of carbonyl (C=O) groups excluding carboxylic acids is 1. The first-order valence-corrected chi connectivity index (χ1v) is 8.38. The van der Waals surface area contributed by atoms with Gasteiger partial charge in [0.2, 0.25) is 0 Å². The molecule has 0 aliphatic heterocycles. The maximum Gasteiger partial charge on any atom is 0.252 e. The van der Waals surface area contributed by atoms with Gasteiger partial charge in [-0.15, -0.1) is 0 Å². The maximum absolute atomic E-state index is 12.8. The van der Waals surface area contributed by atoms with E-state index in [9.17, 15) is 4.79 Å². The summed E-state index contributed by atoms with van der Waals surface area (Å²) in [5, 5.41) is 3.03. The van der Waals surface area contributed by atoms with Crippen LogP contribution in [0.5, 0.6) is 0 Å². The van der Waals surface area contributed by atoms with Crippen LogP contribution in [-0.2, 0) is 11.3 Å². The molecule has 0 bridgehead atoms. The SMILES string of the molecule is Cc1ccc(CNC(=O)C(=Cc2ccccc2)c2ccccc2)cc1. The van der Waals surface area contributed by atoms with Crippen LogP contribution in [-0.4, -0.2) is 5.91 Å². The normalized spacial score (nSPS) is 11.2. The van der Waals surface area contributed by atoms with Gasteiger partial charge in [-0.25, -0.2) is 0 Å². The number of rotatable bonds is 5. The number of hydrogen-bond donors (Lipinski definition) is 1. The van der Waals surface area contributed by atoms with Crippen molar-refractivity contribution < 1.29 is 4.79 Å². The smallest absolute Gasteiger partial charge is 0.252 e. The molecule has 0 fully saturated rings. The molecule has 2 nitrogen and oxygen atoms in total. The topological polar surface area (TPSA) is 29.1 Å². The number of amides is 1. The van der Waals surface area contributed by atoms with E-state index in [1.165, 1.54) is 5.56 Å². The van der Waals surface area contributed by atoms with Crippen molar-refractivity contribution in [2.45, 2.75) is 13.5 Å². The molecule has 25 heavy (non-hydrogen) atoms. The predicted molar refractivity (Wildman–Crippen MR) is 104 cm³/mol. The summed E-state index contributed by atoms with van der Waals surface area (Å²) in [4.78, 5) is 12.8. The highest BCUT2D eigenvalue weighted by molar-refractivity contribution is 6.24. The van der Waals surface area contributed by atoms with Gasteiger partial charge in [-0.1, -0.05) is 90.5 Å². The molecule has 0 unspecified atom stereocenters. The summed E-state index contributed by atoms with van der Waals surface area (Å²) in [6, 6.07) is 27.9. The molecule has 0 atom stereocenters. The summed E-state index contributed by atoms with van der Waals surface area (Å²) in [5.74, 6) is -0.0735. The molecule has 124 valence electrons. The summed E-state index contributed by atoms with van der Waals surface area (Å²) in [6.07, 6.45) is 1.93. The van der Waals surface area contributed by atoms with Crippen molar-refractivity contribution in [3.63, 3.8) is 0 Å². The predicted octanol–water partition coefficient (Wildman–Crippen LogP) is 4.85. The lowest BCUT2D eigenvalue weighted by molar-refractivity contribution is -0.115. The molecule has 3 aromatic carbocycles. The van der Waals surface area contributed by atoms with E-state index >= 15 is 0 Å². The van der Waals surface area contributed by atoms with Gasteiger partial charge in [0.1, 0.15) is 0 Å². The van der Waals surface area contributed by atoms with Crippen molar-refractivity contribution >= 4 is 17.6 Å². The van der Waals surface area contributed by atoms with Crippen molar-refractivity contribution in [3.8, 4) is 0 Å². The van der Waals surface area contributed by atoms with Crippen molar-refractivity contribution in [2.24, 2.45) is 0 Å². The van der Waals surface area contributed by atoms with E-state index in [0.29, 0.717) is 12.1 Å². The van der Waals surface area contributed by atoms with E-state index < -0.39 is 0 Å². The van der Waals surface area contributed by atoms with Crippen LogP contribution in [0, 0.1) is 6.92 Å². The fourth-order valence-corrected chi connectivity index (χ4v) is 2.60. The molecular weight excluding hydrogens is 306 g/mol. The first kappa shape index (κ1) is 16.7. The molecule has 3 aromatic rings. The summed E-state index contributed by atoms with van der Waals surface area (Å²) in [7, 11) is 0. The van der Waals surface area contributed by atoms with Crippen LogP contribution in [0.4, 0.5) is 0 Å². The van der Waals surface area contributed by atoms with Gasteiger partial charge in [0.25, 0.3) is 5.91 Å². The van der Waals surface area contributed by atoms with E-state index in [2.05, 4.69) is 24.4 Å². The zero-order valence-corrected chi connectivity index (χ0v) is 14.3. The maximum atomic E-state index is 12.8. The molecule has 0 aliphatic carbocycles. The Morgan fingerprint density at radius 1 is 0.840 bits per heavy atom. The largest absolute Gasteiger partial charge is 0.348 e. The van der Waals surface area contributed by atoms with Crippen LogP contribution in [0.1, 0.15) is 22.3 Å². The van der Waals surface area contributed by atoms with Gasteiger partial charge >= 0.3 is 0 Å². The summed E-state index contributed by atoms with van der Waals surface area (Å²) in [5.41, 5.74) is 4.88. The molecular formula is C23H21NO. The average Bonchev–Trinajstić information content (AvgIpc) is 2.67. The van der Waals surface area contributed by atoms with Crippen LogP contribution in [0.2, 0.25) is 0 Å². The van der Waals surface area contributed by atoms with Crippen LogP contribution >= 0.6 is 0 Å². The molecule has 1 N–H and O–H groups in total. The standard InChI is InChI=1S/C23H21NO/c1-18-12-14-20(15-13-18)17-24-23(25)22(21-10-6-3-7-11-21)16-19-8-4-2-5-9-19/h2-16H,17H2,1H3,(H,24,25). The molecule has 2 heteroatoms. The average molecular weight is 327 g/mol. The van der Waals surface area contributed by atoms with E-state index in [4.69, 9.17) is 0 Å². The molecule has 0 radical (unpaired) electrons. The molecule has 0 aliphatic rings. The number of hydrogen-bond acceptors (Lipinski definition) is 1. The van der Waals surface area contributed by atoms with Crippen LogP contribution < -0.4 is 5.32 Å². The number of aryl methyl sites for hydroxylation is 1. The van der Waals surface area contributed by atoms with Gasteiger partial charge in [0, 0.05) is 12.1 Å². The second kappa shape index (κ2) is 8.11. The van der Waals surface area contributed by atoms with Gasteiger partial charge in [-0.05, 0) is 29.7 Å². The Balaban J connectivity index is 1.82. The lowest BCUT2D eigenvalue weighted by Crippen LogP contribution is -2.23. The minimum Gasteiger partial charge on any atom is -0.348 e. The van der Waals surface area contributed by atoms with E-state index in [0.717, 1.165) is 16.7 Å². The quantitative estimate of drug-likeness (QED) is 0.526. The van der Waals surface area contributed by atoms with Crippen molar-refractivity contribution in [3.05, 3.63) is 107 Å². The highest BCUT2D eigenvalue weighted by atomic mass is 16.1. The lowest BCUT2D eigenvalue weighted by Gasteiger charge is -2.10. The van der Waals surface area contributed by atoms with Crippen LogP contribution in [0.3, 0.4) is 0 Å². The Morgan fingerprint density at radius 2 is 1.44 bits per heavy atom. The third-order valence-electron chi connectivity index (χ3n) is 4.01. The van der Waals surface area contributed by atoms with Crippen LogP contribution in [0.15, 0.2) is 84.9 Å². The summed E-state index contributed by atoms with van der Waals surface area (Å²) >= 11 is 0. The lowest BCUT2D eigenvalue weighted by atomic mass is 10.0. The molecule has 0 heterocycles. The van der Waals surface area contributed by atoms with Gasteiger partial charge in [0.15, 0.2) is 0 Å². The highest BCUT2D eigenvalue weighted by Gasteiger charge is 2.11. The van der Waals surface area contributed by atoms with Crippen molar-refractivity contribution in [1.82, 2.24) is 5.32 Å². The minimum atomic E-state index is -0.0735. The Labute approximate surface area is 148 Å². The van der Waals surface area contributed by atoms with Crippen LogP contribution in [0.25, 0.3) is 11.6 Å². The van der Waals surface area contributed by atoms with E-state index in [1.54, 1.807) is 0 Å². The third-order valence-corrected chi connectivity index (χ3v) is 4.01. The van der Waals surface area contributed by atoms with Gasteiger partial charge in [0.05, 0.1) is 0 Å². The second-order valence-electron chi connectivity index (χ2n) is 6.00.